The van der Waals surface area contributed by atoms with E-state index in [1.807, 2.05) is 0 Å². The number of halogens is 3. The molecule has 1 rings (SSSR count). The third-order valence-corrected chi connectivity index (χ3v) is 1.85. The van der Waals surface area contributed by atoms with Crippen LogP contribution in [0, 0.1) is 0 Å². The first-order valence-electron chi connectivity index (χ1n) is 4.99. The van der Waals surface area contributed by atoms with E-state index in [2.05, 4.69) is 10.1 Å². The molecule has 1 N–H and O–H groups in total. The standard InChI is InChI=1S/C11H12F3NO3/c1-17-6-8-3-2-4-9(5-8)15-10(16)18-7-11(12,13)14/h2-5H,6-7H2,1H3,(H,15,16). The first-order valence-corrected chi connectivity index (χ1v) is 4.99. The Hall–Kier alpha value is -1.76. The third kappa shape index (κ3) is 5.53. The topological polar surface area (TPSA) is 47.6 Å². The van der Waals surface area contributed by atoms with Crippen LogP contribution in [0.2, 0.25) is 0 Å². The zero-order valence-corrected chi connectivity index (χ0v) is 9.58. The monoisotopic (exact) mass is 263 g/mol. The van der Waals surface area contributed by atoms with Gasteiger partial charge in [0.15, 0.2) is 6.61 Å². The summed E-state index contributed by atoms with van der Waals surface area (Å²) in [4.78, 5) is 11.1. The highest BCUT2D eigenvalue weighted by atomic mass is 19.4. The van der Waals surface area contributed by atoms with Gasteiger partial charge in [0.2, 0.25) is 0 Å². The molecule has 0 spiro atoms. The number of ether oxygens (including phenoxy) is 2. The molecule has 0 atom stereocenters. The van der Waals surface area contributed by atoms with Gasteiger partial charge in [-0.15, -0.1) is 0 Å². The van der Waals surface area contributed by atoms with Crippen molar-refractivity contribution in [2.24, 2.45) is 0 Å². The minimum atomic E-state index is -4.53. The minimum Gasteiger partial charge on any atom is -0.440 e. The molecule has 0 saturated heterocycles. The lowest BCUT2D eigenvalue weighted by Crippen LogP contribution is -2.23. The number of hydrogen-bond acceptors (Lipinski definition) is 3. The van der Waals surface area contributed by atoms with Crippen LogP contribution in [0.3, 0.4) is 0 Å². The van der Waals surface area contributed by atoms with Crippen LogP contribution < -0.4 is 5.32 Å². The fourth-order valence-corrected chi connectivity index (χ4v) is 1.21. The van der Waals surface area contributed by atoms with Crippen LogP contribution in [-0.4, -0.2) is 26.0 Å². The van der Waals surface area contributed by atoms with E-state index in [-0.39, 0.29) is 0 Å². The SMILES string of the molecule is COCc1cccc(NC(=O)OCC(F)(F)F)c1. The molecule has 1 amide bonds. The number of nitrogens with one attached hydrogen (secondary N) is 1. The molecule has 1 aromatic rings. The van der Waals surface area contributed by atoms with Crippen LogP contribution in [-0.2, 0) is 16.1 Å². The Balaban J connectivity index is 2.51. The number of rotatable bonds is 4. The van der Waals surface area contributed by atoms with Gasteiger partial charge in [-0.1, -0.05) is 12.1 Å². The zero-order chi connectivity index (χ0) is 13.6. The fraction of sp³-hybridized carbons (Fsp3) is 0.364. The molecule has 0 aromatic heterocycles. The molecule has 1 aromatic carbocycles. The highest BCUT2D eigenvalue weighted by molar-refractivity contribution is 5.84. The van der Waals surface area contributed by atoms with Crippen LogP contribution >= 0.6 is 0 Å². The number of amides is 1. The quantitative estimate of drug-likeness (QED) is 0.908. The predicted octanol–water partition coefficient (Wildman–Crippen LogP) is 2.94. The lowest BCUT2D eigenvalue weighted by atomic mass is 10.2. The van der Waals surface area contributed by atoms with Gasteiger partial charge in [0.25, 0.3) is 0 Å². The summed E-state index contributed by atoms with van der Waals surface area (Å²) in [5.41, 5.74) is 1.13. The van der Waals surface area contributed by atoms with Crippen molar-refractivity contribution in [2.45, 2.75) is 12.8 Å². The van der Waals surface area contributed by atoms with Crippen molar-refractivity contribution < 1.29 is 27.4 Å². The fourth-order valence-electron chi connectivity index (χ4n) is 1.21. The molecule has 0 unspecified atom stereocenters. The molecule has 0 heterocycles. The maximum atomic E-state index is 11.8. The summed E-state index contributed by atoms with van der Waals surface area (Å²) in [5, 5.41) is 2.20. The molecule has 100 valence electrons. The van der Waals surface area contributed by atoms with E-state index < -0.39 is 18.9 Å². The van der Waals surface area contributed by atoms with Gasteiger partial charge in [-0.25, -0.2) is 4.79 Å². The molecule has 18 heavy (non-hydrogen) atoms. The van der Waals surface area contributed by atoms with Crippen molar-refractivity contribution in [3.63, 3.8) is 0 Å². The van der Waals surface area contributed by atoms with Crippen molar-refractivity contribution in [2.75, 3.05) is 19.0 Å². The largest absolute Gasteiger partial charge is 0.440 e. The van der Waals surface area contributed by atoms with E-state index in [9.17, 15) is 18.0 Å². The smallest absolute Gasteiger partial charge is 0.422 e. The van der Waals surface area contributed by atoms with Crippen LogP contribution in [0.1, 0.15) is 5.56 Å². The summed E-state index contributed by atoms with van der Waals surface area (Å²) >= 11 is 0. The Bertz CT molecular complexity index is 407. The second kappa shape index (κ2) is 6.25. The van der Waals surface area contributed by atoms with E-state index in [0.29, 0.717) is 12.3 Å². The Kier molecular flexibility index (Phi) is 4.96. The molecule has 7 heteroatoms. The molecule has 0 fully saturated rings. The van der Waals surface area contributed by atoms with E-state index in [1.54, 1.807) is 18.2 Å². The highest BCUT2D eigenvalue weighted by Crippen LogP contribution is 2.16. The van der Waals surface area contributed by atoms with Gasteiger partial charge in [-0.2, -0.15) is 13.2 Å². The normalized spacial score (nSPS) is 11.1. The van der Waals surface area contributed by atoms with Crippen LogP contribution in [0.25, 0.3) is 0 Å². The molecule has 0 radical (unpaired) electrons. The summed E-state index contributed by atoms with van der Waals surface area (Å²) in [5.74, 6) is 0. The summed E-state index contributed by atoms with van der Waals surface area (Å²) in [7, 11) is 1.51. The summed E-state index contributed by atoms with van der Waals surface area (Å²) in [6.07, 6.45) is -5.68. The van der Waals surface area contributed by atoms with Crippen molar-refractivity contribution in [1.82, 2.24) is 0 Å². The van der Waals surface area contributed by atoms with E-state index in [4.69, 9.17) is 4.74 Å². The average Bonchev–Trinajstić information content (AvgIpc) is 2.26. The Labute approximate surface area is 102 Å². The van der Waals surface area contributed by atoms with Gasteiger partial charge in [-0.3, -0.25) is 5.32 Å². The summed E-state index contributed by atoms with van der Waals surface area (Å²) in [6, 6.07) is 6.52. The number of anilines is 1. The van der Waals surface area contributed by atoms with Gasteiger partial charge >= 0.3 is 12.3 Å². The van der Waals surface area contributed by atoms with Gasteiger partial charge in [0.1, 0.15) is 0 Å². The van der Waals surface area contributed by atoms with E-state index in [1.165, 1.54) is 13.2 Å². The Morgan fingerprint density at radius 3 is 2.72 bits per heavy atom. The van der Waals surface area contributed by atoms with Gasteiger partial charge in [0, 0.05) is 12.8 Å². The molecule has 0 aliphatic rings. The number of alkyl halides is 3. The lowest BCUT2D eigenvalue weighted by Gasteiger charge is -2.09. The highest BCUT2D eigenvalue weighted by Gasteiger charge is 2.29. The number of benzene rings is 1. The van der Waals surface area contributed by atoms with Crippen LogP contribution in [0.4, 0.5) is 23.7 Å². The maximum Gasteiger partial charge on any atom is 0.422 e. The first kappa shape index (κ1) is 14.3. The second-order valence-corrected chi connectivity index (χ2v) is 3.45. The molecular weight excluding hydrogens is 251 g/mol. The Morgan fingerprint density at radius 1 is 1.39 bits per heavy atom. The molecule has 0 aliphatic heterocycles. The van der Waals surface area contributed by atoms with E-state index >= 15 is 0 Å². The second-order valence-electron chi connectivity index (χ2n) is 3.45. The maximum absolute atomic E-state index is 11.8. The summed E-state index contributed by atoms with van der Waals surface area (Å²) in [6.45, 7) is -1.27. The van der Waals surface area contributed by atoms with Crippen molar-refractivity contribution >= 4 is 11.8 Å². The predicted molar refractivity (Wildman–Crippen MR) is 58.2 cm³/mol. The minimum absolute atomic E-state index is 0.340. The van der Waals surface area contributed by atoms with Gasteiger partial charge < -0.3 is 9.47 Å². The van der Waals surface area contributed by atoms with Gasteiger partial charge in [0.05, 0.1) is 6.61 Å². The van der Waals surface area contributed by atoms with Crippen LogP contribution in [0.15, 0.2) is 24.3 Å². The molecule has 0 bridgehead atoms. The number of carbonyl (C=O) groups excluding carboxylic acids is 1. The third-order valence-electron chi connectivity index (χ3n) is 1.85. The lowest BCUT2D eigenvalue weighted by molar-refractivity contribution is -0.159. The zero-order valence-electron chi connectivity index (χ0n) is 9.58. The van der Waals surface area contributed by atoms with Gasteiger partial charge in [-0.05, 0) is 17.7 Å². The first-order chi connectivity index (χ1) is 8.40. The van der Waals surface area contributed by atoms with E-state index in [0.717, 1.165) is 5.56 Å². The molecule has 0 aliphatic carbocycles. The number of carbonyl (C=O) groups is 1. The number of hydrogen-bond donors (Lipinski definition) is 1. The van der Waals surface area contributed by atoms with Crippen molar-refractivity contribution in [1.29, 1.82) is 0 Å². The number of methoxy groups -OCH3 is 1. The van der Waals surface area contributed by atoms with Crippen molar-refractivity contribution in [3.05, 3.63) is 29.8 Å². The Morgan fingerprint density at radius 2 is 2.11 bits per heavy atom. The molecule has 4 nitrogen and oxygen atoms in total. The van der Waals surface area contributed by atoms with Crippen molar-refractivity contribution in [3.8, 4) is 0 Å². The molecule has 0 saturated carbocycles. The summed E-state index contributed by atoms with van der Waals surface area (Å²) < 4.78 is 44.3. The van der Waals surface area contributed by atoms with Crippen LogP contribution in [0.5, 0.6) is 0 Å². The average molecular weight is 263 g/mol. The molecular formula is C11H12F3NO3.